The fraction of sp³-hybridized carbons (Fsp3) is 0.929. The van der Waals surface area contributed by atoms with Gasteiger partial charge in [-0.1, -0.05) is 13.3 Å². The predicted octanol–water partition coefficient (Wildman–Crippen LogP) is 3.34. The molecule has 92 valence electrons. The first-order chi connectivity index (χ1) is 7.53. The highest BCUT2D eigenvalue weighted by atomic mass is 14.9. The number of nitriles is 1. The molecule has 0 spiro atoms. The van der Waals surface area contributed by atoms with E-state index in [1.54, 1.807) is 0 Å². The third-order valence-electron chi connectivity index (χ3n) is 3.69. The molecule has 0 radical (unpaired) electrons. The van der Waals surface area contributed by atoms with Crippen molar-refractivity contribution in [3.63, 3.8) is 0 Å². The Labute approximate surface area is 100 Å². The number of hydrogen-bond donors (Lipinski definition) is 1. The normalized spacial score (nSPS) is 25.6. The minimum absolute atomic E-state index is 0.149. The molecule has 2 nitrogen and oxygen atoms in total. The Hall–Kier alpha value is -0.550. The van der Waals surface area contributed by atoms with Gasteiger partial charge in [0.2, 0.25) is 0 Å². The SMILES string of the molecule is CC1CCC(CNCCCC(C)(C)C#N)C1. The predicted molar refractivity (Wildman–Crippen MR) is 68.0 cm³/mol. The molecule has 0 saturated heterocycles. The lowest BCUT2D eigenvalue weighted by Crippen LogP contribution is -2.23. The average Bonchev–Trinajstić information content (AvgIpc) is 2.64. The highest BCUT2D eigenvalue weighted by Gasteiger charge is 2.20. The molecule has 2 atom stereocenters. The summed E-state index contributed by atoms with van der Waals surface area (Å²) < 4.78 is 0. The van der Waals surface area contributed by atoms with Crippen molar-refractivity contribution in [3.05, 3.63) is 0 Å². The molecular formula is C14H26N2. The Morgan fingerprint density at radius 2 is 2.12 bits per heavy atom. The van der Waals surface area contributed by atoms with Crippen LogP contribution in [-0.2, 0) is 0 Å². The molecule has 0 bridgehead atoms. The van der Waals surface area contributed by atoms with Crippen molar-refractivity contribution in [1.82, 2.24) is 5.32 Å². The van der Waals surface area contributed by atoms with Gasteiger partial charge in [-0.15, -0.1) is 0 Å². The van der Waals surface area contributed by atoms with E-state index in [2.05, 4.69) is 18.3 Å². The second kappa shape index (κ2) is 6.25. The van der Waals surface area contributed by atoms with E-state index in [1.165, 1.54) is 25.8 Å². The smallest absolute Gasteiger partial charge is 0.0683 e. The van der Waals surface area contributed by atoms with Crippen LogP contribution in [0.3, 0.4) is 0 Å². The number of hydrogen-bond acceptors (Lipinski definition) is 2. The zero-order valence-electron chi connectivity index (χ0n) is 11.1. The van der Waals surface area contributed by atoms with Crippen molar-refractivity contribution in [2.24, 2.45) is 17.3 Å². The molecule has 1 N–H and O–H groups in total. The van der Waals surface area contributed by atoms with E-state index in [-0.39, 0.29) is 5.41 Å². The van der Waals surface area contributed by atoms with Crippen LogP contribution in [0.25, 0.3) is 0 Å². The Morgan fingerprint density at radius 3 is 2.69 bits per heavy atom. The standard InChI is InChI=1S/C14H26N2/c1-12-5-6-13(9-12)10-16-8-4-7-14(2,3)11-15/h12-13,16H,4-10H2,1-3H3. The van der Waals surface area contributed by atoms with Gasteiger partial charge in [0.1, 0.15) is 0 Å². The fourth-order valence-corrected chi connectivity index (χ4v) is 2.53. The maximum atomic E-state index is 8.88. The highest BCUT2D eigenvalue weighted by Crippen LogP contribution is 2.29. The summed E-state index contributed by atoms with van der Waals surface area (Å²) in [6.07, 6.45) is 6.32. The van der Waals surface area contributed by atoms with Gasteiger partial charge in [0, 0.05) is 0 Å². The summed E-state index contributed by atoms with van der Waals surface area (Å²) in [5.41, 5.74) is -0.149. The van der Waals surface area contributed by atoms with Crippen LogP contribution in [0.4, 0.5) is 0 Å². The second-order valence-electron chi connectivity index (χ2n) is 6.09. The molecule has 0 aromatic rings. The van der Waals surface area contributed by atoms with E-state index in [1.807, 2.05) is 13.8 Å². The zero-order chi connectivity index (χ0) is 12.0. The first-order valence-corrected chi connectivity index (χ1v) is 6.65. The van der Waals surface area contributed by atoms with E-state index in [0.29, 0.717) is 0 Å². The summed E-state index contributed by atoms with van der Waals surface area (Å²) in [4.78, 5) is 0. The summed E-state index contributed by atoms with van der Waals surface area (Å²) in [5, 5.41) is 12.4. The molecular weight excluding hydrogens is 196 g/mol. The van der Waals surface area contributed by atoms with Gasteiger partial charge in [-0.25, -0.2) is 0 Å². The van der Waals surface area contributed by atoms with Gasteiger partial charge in [0.15, 0.2) is 0 Å². The van der Waals surface area contributed by atoms with Gasteiger partial charge >= 0.3 is 0 Å². The fourth-order valence-electron chi connectivity index (χ4n) is 2.53. The lowest BCUT2D eigenvalue weighted by molar-refractivity contribution is 0.411. The number of rotatable bonds is 6. The van der Waals surface area contributed by atoms with Gasteiger partial charge in [0.05, 0.1) is 11.5 Å². The van der Waals surface area contributed by atoms with E-state index in [9.17, 15) is 0 Å². The van der Waals surface area contributed by atoms with Crippen molar-refractivity contribution in [3.8, 4) is 6.07 Å². The molecule has 0 heterocycles. The lowest BCUT2D eigenvalue weighted by Gasteiger charge is -2.15. The molecule has 16 heavy (non-hydrogen) atoms. The van der Waals surface area contributed by atoms with Gasteiger partial charge < -0.3 is 5.32 Å². The van der Waals surface area contributed by atoms with Crippen LogP contribution in [0.15, 0.2) is 0 Å². The van der Waals surface area contributed by atoms with Gasteiger partial charge in [-0.3, -0.25) is 0 Å². The maximum Gasteiger partial charge on any atom is 0.0683 e. The summed E-state index contributed by atoms with van der Waals surface area (Å²) in [5.74, 6) is 1.84. The summed E-state index contributed by atoms with van der Waals surface area (Å²) in [6, 6.07) is 2.35. The van der Waals surface area contributed by atoms with E-state index >= 15 is 0 Å². The van der Waals surface area contributed by atoms with Gasteiger partial charge in [-0.05, 0) is 64.5 Å². The van der Waals surface area contributed by atoms with Crippen LogP contribution in [0.1, 0.15) is 52.9 Å². The van der Waals surface area contributed by atoms with Gasteiger partial charge in [0.25, 0.3) is 0 Å². The molecule has 1 aliphatic carbocycles. The topological polar surface area (TPSA) is 35.8 Å². The molecule has 0 aliphatic heterocycles. The Balaban J connectivity index is 1.99. The molecule has 0 amide bonds. The molecule has 0 aromatic heterocycles. The summed E-state index contributed by atoms with van der Waals surface area (Å²) >= 11 is 0. The van der Waals surface area contributed by atoms with Crippen LogP contribution >= 0.6 is 0 Å². The van der Waals surface area contributed by atoms with Crippen molar-refractivity contribution in [1.29, 1.82) is 5.26 Å². The van der Waals surface area contributed by atoms with Crippen LogP contribution in [0.5, 0.6) is 0 Å². The Morgan fingerprint density at radius 1 is 1.38 bits per heavy atom. The molecule has 0 aromatic carbocycles. The zero-order valence-corrected chi connectivity index (χ0v) is 11.1. The van der Waals surface area contributed by atoms with E-state index in [0.717, 1.165) is 31.2 Å². The first kappa shape index (κ1) is 13.5. The van der Waals surface area contributed by atoms with Crippen molar-refractivity contribution >= 4 is 0 Å². The van der Waals surface area contributed by atoms with Crippen LogP contribution in [0, 0.1) is 28.6 Å². The summed E-state index contributed by atoms with van der Waals surface area (Å²) in [6.45, 7) is 8.64. The maximum absolute atomic E-state index is 8.88. The quantitative estimate of drug-likeness (QED) is 0.700. The van der Waals surface area contributed by atoms with Crippen molar-refractivity contribution < 1.29 is 0 Å². The minimum Gasteiger partial charge on any atom is -0.316 e. The average molecular weight is 222 g/mol. The minimum atomic E-state index is -0.149. The molecule has 1 saturated carbocycles. The van der Waals surface area contributed by atoms with E-state index < -0.39 is 0 Å². The van der Waals surface area contributed by atoms with E-state index in [4.69, 9.17) is 5.26 Å². The first-order valence-electron chi connectivity index (χ1n) is 6.65. The highest BCUT2D eigenvalue weighted by molar-refractivity contribution is 4.91. The molecule has 2 unspecified atom stereocenters. The van der Waals surface area contributed by atoms with Crippen LogP contribution < -0.4 is 5.32 Å². The number of nitrogens with one attached hydrogen (secondary N) is 1. The Kier molecular flexibility index (Phi) is 5.28. The van der Waals surface area contributed by atoms with Crippen LogP contribution in [-0.4, -0.2) is 13.1 Å². The largest absolute Gasteiger partial charge is 0.316 e. The third-order valence-corrected chi connectivity index (χ3v) is 3.69. The molecule has 1 aliphatic rings. The third kappa shape index (κ3) is 4.99. The molecule has 1 fully saturated rings. The van der Waals surface area contributed by atoms with Crippen molar-refractivity contribution in [2.75, 3.05) is 13.1 Å². The molecule has 1 rings (SSSR count). The van der Waals surface area contributed by atoms with Crippen molar-refractivity contribution in [2.45, 2.75) is 52.9 Å². The lowest BCUT2D eigenvalue weighted by atomic mass is 9.90. The van der Waals surface area contributed by atoms with Gasteiger partial charge in [-0.2, -0.15) is 5.26 Å². The summed E-state index contributed by atoms with van der Waals surface area (Å²) in [7, 11) is 0. The van der Waals surface area contributed by atoms with Crippen LogP contribution in [0.2, 0.25) is 0 Å². The Bertz CT molecular complexity index is 240. The number of nitrogens with zero attached hydrogens (tertiary/aromatic N) is 1. The second-order valence-corrected chi connectivity index (χ2v) is 6.09. The monoisotopic (exact) mass is 222 g/mol. The molecule has 2 heteroatoms.